The third-order valence-corrected chi connectivity index (χ3v) is 1.77. The van der Waals surface area contributed by atoms with Gasteiger partial charge in [0.2, 0.25) is 5.91 Å². The molecule has 0 aromatic heterocycles. The zero-order valence-corrected chi connectivity index (χ0v) is 9.21. The van der Waals surface area contributed by atoms with Crippen molar-refractivity contribution in [3.8, 4) is 0 Å². The van der Waals surface area contributed by atoms with Gasteiger partial charge in [0.15, 0.2) is 0 Å². The fraction of sp³-hybridized carbons (Fsp3) is 0.667. The molecule has 7 nitrogen and oxygen atoms in total. The van der Waals surface area contributed by atoms with Gasteiger partial charge in [-0.1, -0.05) is 0 Å². The lowest BCUT2D eigenvalue weighted by molar-refractivity contribution is -0.137. The summed E-state index contributed by atoms with van der Waals surface area (Å²) >= 11 is 0. The molecule has 0 saturated heterocycles. The van der Waals surface area contributed by atoms with Gasteiger partial charge < -0.3 is 21.1 Å². The van der Waals surface area contributed by atoms with E-state index in [2.05, 4.69) is 16.0 Å². The van der Waals surface area contributed by atoms with Crippen LogP contribution in [0, 0.1) is 0 Å². The van der Waals surface area contributed by atoms with E-state index in [4.69, 9.17) is 5.11 Å². The van der Waals surface area contributed by atoms with Crippen LogP contribution in [0.2, 0.25) is 0 Å². The Bertz CT molecular complexity index is 255. The van der Waals surface area contributed by atoms with Crippen LogP contribution >= 0.6 is 0 Å². The number of hydrogen-bond acceptors (Lipinski definition) is 3. The highest BCUT2D eigenvalue weighted by atomic mass is 16.4. The van der Waals surface area contributed by atoms with Crippen LogP contribution in [0.5, 0.6) is 0 Å². The van der Waals surface area contributed by atoms with Crippen molar-refractivity contribution in [1.82, 2.24) is 16.0 Å². The van der Waals surface area contributed by atoms with Crippen LogP contribution < -0.4 is 16.0 Å². The molecule has 0 aromatic carbocycles. The summed E-state index contributed by atoms with van der Waals surface area (Å²) < 4.78 is 0. The molecule has 4 N–H and O–H groups in total. The minimum Gasteiger partial charge on any atom is -0.481 e. The maximum Gasteiger partial charge on any atom is 0.314 e. The number of carbonyl (C=O) groups is 3. The summed E-state index contributed by atoms with van der Waals surface area (Å²) in [5.41, 5.74) is 0. The second-order valence-electron chi connectivity index (χ2n) is 3.10. The van der Waals surface area contributed by atoms with E-state index in [1.165, 1.54) is 7.05 Å². The van der Waals surface area contributed by atoms with Crippen LogP contribution in [0.4, 0.5) is 4.79 Å². The van der Waals surface area contributed by atoms with E-state index in [1.54, 1.807) is 0 Å². The van der Waals surface area contributed by atoms with E-state index in [-0.39, 0.29) is 25.3 Å². The molecule has 0 aliphatic heterocycles. The highest BCUT2D eigenvalue weighted by molar-refractivity contribution is 5.77. The molecule has 3 amide bonds. The zero-order valence-electron chi connectivity index (χ0n) is 9.21. The van der Waals surface area contributed by atoms with Crippen LogP contribution in [-0.4, -0.2) is 43.2 Å². The summed E-state index contributed by atoms with van der Waals surface area (Å²) in [6.45, 7) is 0.558. The molecule has 0 spiro atoms. The van der Waals surface area contributed by atoms with Gasteiger partial charge in [0.25, 0.3) is 0 Å². The topological polar surface area (TPSA) is 108 Å². The van der Waals surface area contributed by atoms with Gasteiger partial charge in [-0.05, 0) is 6.42 Å². The van der Waals surface area contributed by atoms with Crippen LogP contribution in [-0.2, 0) is 9.59 Å². The van der Waals surface area contributed by atoms with Gasteiger partial charge in [-0.15, -0.1) is 0 Å². The number of amides is 3. The molecule has 0 aromatic rings. The first-order valence-electron chi connectivity index (χ1n) is 5.00. The lowest BCUT2D eigenvalue weighted by Gasteiger charge is -2.06. The smallest absolute Gasteiger partial charge is 0.314 e. The van der Waals surface area contributed by atoms with Gasteiger partial charge in [0.1, 0.15) is 0 Å². The van der Waals surface area contributed by atoms with Gasteiger partial charge in [0, 0.05) is 33.0 Å². The van der Waals surface area contributed by atoms with E-state index in [1.807, 2.05) is 0 Å². The standard InChI is InChI=1S/C9H17N3O4/c1-10-7(13)4-6-12-9(16)11-5-2-3-8(14)15/h2-6H2,1H3,(H,10,13)(H,14,15)(H2,11,12,16). The normalized spacial score (nSPS) is 9.31. The first-order valence-corrected chi connectivity index (χ1v) is 5.00. The molecule has 16 heavy (non-hydrogen) atoms. The minimum absolute atomic E-state index is 0.0263. The van der Waals surface area contributed by atoms with Crippen molar-refractivity contribution in [2.45, 2.75) is 19.3 Å². The Labute approximate surface area is 93.6 Å². The Kier molecular flexibility index (Phi) is 7.56. The highest BCUT2D eigenvalue weighted by Crippen LogP contribution is 1.85. The summed E-state index contributed by atoms with van der Waals surface area (Å²) in [6, 6.07) is -0.394. The molecule has 0 rings (SSSR count). The fourth-order valence-corrected chi connectivity index (χ4v) is 0.919. The molecule has 0 unspecified atom stereocenters. The minimum atomic E-state index is -0.887. The number of urea groups is 1. The van der Waals surface area contributed by atoms with Gasteiger partial charge in [-0.25, -0.2) is 4.79 Å². The Morgan fingerprint density at radius 2 is 1.69 bits per heavy atom. The van der Waals surface area contributed by atoms with Crippen LogP contribution in [0.25, 0.3) is 0 Å². The molecule has 0 bridgehead atoms. The number of nitrogens with one attached hydrogen (secondary N) is 3. The van der Waals surface area contributed by atoms with Crippen molar-refractivity contribution >= 4 is 17.9 Å². The number of carboxylic acid groups (broad SMARTS) is 1. The van der Waals surface area contributed by atoms with Crippen LogP contribution in [0.3, 0.4) is 0 Å². The SMILES string of the molecule is CNC(=O)CCNC(=O)NCCCC(=O)O. The van der Waals surface area contributed by atoms with Crippen LogP contribution in [0.1, 0.15) is 19.3 Å². The second-order valence-corrected chi connectivity index (χ2v) is 3.10. The Morgan fingerprint density at radius 1 is 1.06 bits per heavy atom. The predicted molar refractivity (Wildman–Crippen MR) is 57.0 cm³/mol. The molecular weight excluding hydrogens is 214 g/mol. The first-order chi connectivity index (χ1) is 7.56. The largest absolute Gasteiger partial charge is 0.481 e. The van der Waals surface area contributed by atoms with E-state index < -0.39 is 12.0 Å². The van der Waals surface area contributed by atoms with Gasteiger partial charge in [-0.3, -0.25) is 9.59 Å². The molecule has 0 saturated carbocycles. The van der Waals surface area contributed by atoms with Gasteiger partial charge in [-0.2, -0.15) is 0 Å². The van der Waals surface area contributed by atoms with Gasteiger partial charge in [0.05, 0.1) is 0 Å². The van der Waals surface area contributed by atoms with Crippen LogP contribution in [0.15, 0.2) is 0 Å². The van der Waals surface area contributed by atoms with Gasteiger partial charge >= 0.3 is 12.0 Å². The Hall–Kier alpha value is -1.79. The predicted octanol–water partition coefficient (Wildman–Crippen LogP) is -0.713. The average molecular weight is 231 g/mol. The van der Waals surface area contributed by atoms with Crippen molar-refractivity contribution in [2.75, 3.05) is 20.1 Å². The lowest BCUT2D eigenvalue weighted by atomic mass is 10.3. The molecule has 0 aliphatic carbocycles. The Balaban J connectivity index is 3.38. The molecule has 7 heteroatoms. The molecule has 0 heterocycles. The van der Waals surface area contributed by atoms with E-state index in [9.17, 15) is 14.4 Å². The lowest BCUT2D eigenvalue weighted by Crippen LogP contribution is -2.38. The quantitative estimate of drug-likeness (QED) is 0.434. The number of hydrogen-bond donors (Lipinski definition) is 4. The summed E-state index contributed by atoms with van der Waals surface area (Å²) in [5.74, 6) is -1.03. The maximum atomic E-state index is 11.1. The molecule has 0 aliphatic rings. The van der Waals surface area contributed by atoms with Crippen molar-refractivity contribution in [3.63, 3.8) is 0 Å². The molecule has 92 valence electrons. The van der Waals surface area contributed by atoms with Crippen molar-refractivity contribution in [3.05, 3.63) is 0 Å². The summed E-state index contributed by atoms with van der Waals surface area (Å²) in [7, 11) is 1.52. The summed E-state index contributed by atoms with van der Waals surface area (Å²) in [4.78, 5) is 32.0. The molecule has 0 atom stereocenters. The zero-order chi connectivity index (χ0) is 12.4. The van der Waals surface area contributed by atoms with Crippen molar-refractivity contribution < 1.29 is 19.5 Å². The number of carbonyl (C=O) groups excluding carboxylic acids is 2. The fourth-order valence-electron chi connectivity index (χ4n) is 0.919. The maximum absolute atomic E-state index is 11.1. The number of rotatable bonds is 7. The van der Waals surface area contributed by atoms with Crippen molar-refractivity contribution in [2.24, 2.45) is 0 Å². The third-order valence-electron chi connectivity index (χ3n) is 1.77. The van der Waals surface area contributed by atoms with E-state index in [0.29, 0.717) is 13.0 Å². The van der Waals surface area contributed by atoms with Crippen molar-refractivity contribution in [1.29, 1.82) is 0 Å². The average Bonchev–Trinajstić information content (AvgIpc) is 2.24. The number of aliphatic carboxylic acids is 1. The molecule has 0 fully saturated rings. The summed E-state index contributed by atoms with van der Waals surface area (Å²) in [5, 5.41) is 15.7. The summed E-state index contributed by atoms with van der Waals surface area (Å²) in [6.07, 6.45) is 0.635. The number of carboxylic acids is 1. The molecule has 0 radical (unpaired) electrons. The second kappa shape index (κ2) is 8.51. The monoisotopic (exact) mass is 231 g/mol. The Morgan fingerprint density at radius 3 is 2.25 bits per heavy atom. The van der Waals surface area contributed by atoms with E-state index in [0.717, 1.165) is 0 Å². The van der Waals surface area contributed by atoms with E-state index >= 15 is 0 Å². The third kappa shape index (κ3) is 8.79. The first kappa shape index (κ1) is 14.2. The highest BCUT2D eigenvalue weighted by Gasteiger charge is 2.02. The molecular formula is C9H17N3O4.